The molecule has 0 aliphatic rings. The molecular weight excluding hydrogens is 182 g/mol. The lowest BCUT2D eigenvalue weighted by molar-refractivity contribution is -0.136. The van der Waals surface area contributed by atoms with Gasteiger partial charge in [-0.25, -0.2) is 4.79 Å². The number of hydrogen-bond donors (Lipinski definition) is 0. The number of carbonyl (C=O) groups excluding carboxylic acids is 1. The Morgan fingerprint density at radius 1 is 1.64 bits per heavy atom. The molecule has 0 saturated carbocycles. The summed E-state index contributed by atoms with van der Waals surface area (Å²) in [5, 5.41) is 7.89. The highest BCUT2D eigenvalue weighted by atomic mass is 16.5. The van der Waals surface area contributed by atoms with Gasteiger partial charge < -0.3 is 4.74 Å². The molecule has 1 aromatic heterocycles. The Bertz CT molecular complexity index is 373. The van der Waals surface area contributed by atoms with Crippen LogP contribution >= 0.6 is 0 Å². The van der Waals surface area contributed by atoms with E-state index in [0.29, 0.717) is 18.8 Å². The Balaban J connectivity index is 2.62. The van der Waals surface area contributed by atoms with E-state index in [0.717, 1.165) is 0 Å². The quantitative estimate of drug-likeness (QED) is 0.497. The first kappa shape index (κ1) is 10.3. The SMILES string of the molecule is CCOC(=O)C#Cc1cnn(CC)n1. The van der Waals surface area contributed by atoms with E-state index in [-0.39, 0.29) is 0 Å². The van der Waals surface area contributed by atoms with Gasteiger partial charge in [-0.3, -0.25) is 0 Å². The van der Waals surface area contributed by atoms with Gasteiger partial charge in [0.25, 0.3) is 0 Å². The van der Waals surface area contributed by atoms with E-state index in [1.54, 1.807) is 6.92 Å². The molecule has 0 fully saturated rings. The predicted molar refractivity (Wildman–Crippen MR) is 49.2 cm³/mol. The molecule has 0 amide bonds. The van der Waals surface area contributed by atoms with Crippen molar-refractivity contribution >= 4 is 5.97 Å². The summed E-state index contributed by atoms with van der Waals surface area (Å²) in [6, 6.07) is 0. The van der Waals surface area contributed by atoms with E-state index >= 15 is 0 Å². The smallest absolute Gasteiger partial charge is 0.384 e. The highest BCUT2D eigenvalue weighted by molar-refractivity contribution is 5.88. The first-order chi connectivity index (χ1) is 6.76. The summed E-state index contributed by atoms with van der Waals surface area (Å²) in [6.07, 6.45) is 1.51. The van der Waals surface area contributed by atoms with Crippen LogP contribution in [0.4, 0.5) is 0 Å². The monoisotopic (exact) mass is 193 g/mol. The number of nitrogens with zero attached hydrogens (tertiary/aromatic N) is 3. The molecule has 0 aliphatic carbocycles. The van der Waals surface area contributed by atoms with Crippen LogP contribution < -0.4 is 0 Å². The Morgan fingerprint density at radius 2 is 2.43 bits per heavy atom. The molecule has 14 heavy (non-hydrogen) atoms. The Labute approximate surface area is 82.1 Å². The normalized spacial score (nSPS) is 9.00. The zero-order valence-electron chi connectivity index (χ0n) is 8.15. The molecule has 1 aromatic rings. The number of carbonyl (C=O) groups is 1. The van der Waals surface area contributed by atoms with Gasteiger partial charge in [0.15, 0.2) is 5.69 Å². The maximum atomic E-state index is 10.8. The van der Waals surface area contributed by atoms with Crippen LogP contribution in [0.2, 0.25) is 0 Å². The van der Waals surface area contributed by atoms with Gasteiger partial charge in [-0.2, -0.15) is 9.90 Å². The maximum absolute atomic E-state index is 10.8. The molecule has 0 unspecified atom stereocenters. The molecule has 0 bridgehead atoms. The van der Waals surface area contributed by atoms with Crippen molar-refractivity contribution in [1.82, 2.24) is 15.0 Å². The van der Waals surface area contributed by atoms with Gasteiger partial charge in [-0.05, 0) is 19.8 Å². The number of hydrogen-bond acceptors (Lipinski definition) is 4. The van der Waals surface area contributed by atoms with Gasteiger partial charge in [0.05, 0.1) is 19.3 Å². The standard InChI is InChI=1S/C9H11N3O2/c1-3-12-10-7-8(11-12)5-6-9(13)14-4-2/h7H,3-4H2,1-2H3. The van der Waals surface area contributed by atoms with Crippen molar-refractivity contribution in [3.8, 4) is 11.8 Å². The summed E-state index contributed by atoms with van der Waals surface area (Å²) in [5.41, 5.74) is 0.472. The van der Waals surface area contributed by atoms with Crippen molar-refractivity contribution in [2.75, 3.05) is 6.61 Å². The van der Waals surface area contributed by atoms with E-state index in [2.05, 4.69) is 26.8 Å². The molecule has 5 nitrogen and oxygen atoms in total. The minimum atomic E-state index is -0.543. The summed E-state index contributed by atoms with van der Waals surface area (Å²) in [5.74, 6) is 4.33. The van der Waals surface area contributed by atoms with E-state index in [9.17, 15) is 4.79 Å². The van der Waals surface area contributed by atoms with Gasteiger partial charge in [0, 0.05) is 5.92 Å². The average molecular weight is 193 g/mol. The molecular formula is C9H11N3O2. The van der Waals surface area contributed by atoms with E-state index in [1.807, 2.05) is 6.92 Å². The van der Waals surface area contributed by atoms with E-state index < -0.39 is 5.97 Å². The summed E-state index contributed by atoms with van der Waals surface area (Å²) < 4.78 is 4.63. The molecule has 0 aromatic carbocycles. The molecule has 0 aliphatic heterocycles. The Morgan fingerprint density at radius 3 is 3.00 bits per heavy atom. The third kappa shape index (κ3) is 2.90. The number of rotatable bonds is 2. The molecule has 0 atom stereocenters. The third-order valence-corrected chi connectivity index (χ3v) is 1.39. The Hall–Kier alpha value is -1.83. The summed E-state index contributed by atoms with van der Waals surface area (Å²) in [4.78, 5) is 12.3. The highest BCUT2D eigenvalue weighted by Gasteiger charge is 1.96. The highest BCUT2D eigenvalue weighted by Crippen LogP contribution is 1.88. The molecule has 1 heterocycles. The Kier molecular flexibility index (Phi) is 3.68. The van der Waals surface area contributed by atoms with Crippen LogP contribution in [0.3, 0.4) is 0 Å². The van der Waals surface area contributed by atoms with Crippen molar-refractivity contribution in [3.05, 3.63) is 11.9 Å². The largest absolute Gasteiger partial charge is 0.456 e. The molecule has 0 N–H and O–H groups in total. The van der Waals surface area contributed by atoms with Crippen LogP contribution in [-0.4, -0.2) is 27.6 Å². The van der Waals surface area contributed by atoms with Crippen LogP contribution in [0.15, 0.2) is 6.20 Å². The van der Waals surface area contributed by atoms with Crippen LogP contribution in [0, 0.1) is 11.8 Å². The number of ether oxygens (including phenoxy) is 1. The first-order valence-corrected chi connectivity index (χ1v) is 4.35. The second kappa shape index (κ2) is 5.02. The average Bonchev–Trinajstić information content (AvgIpc) is 2.63. The predicted octanol–water partition coefficient (Wildman–Crippen LogP) is 0.213. The summed E-state index contributed by atoms with van der Waals surface area (Å²) >= 11 is 0. The van der Waals surface area contributed by atoms with Gasteiger partial charge >= 0.3 is 5.97 Å². The van der Waals surface area contributed by atoms with Crippen LogP contribution in [-0.2, 0) is 16.1 Å². The number of aromatic nitrogens is 3. The fraction of sp³-hybridized carbons (Fsp3) is 0.444. The van der Waals surface area contributed by atoms with Gasteiger partial charge in [0.2, 0.25) is 0 Å². The van der Waals surface area contributed by atoms with Gasteiger partial charge in [-0.1, -0.05) is 0 Å². The van der Waals surface area contributed by atoms with Gasteiger partial charge in [-0.15, -0.1) is 5.10 Å². The van der Waals surface area contributed by atoms with Crippen LogP contribution in [0.5, 0.6) is 0 Å². The maximum Gasteiger partial charge on any atom is 0.384 e. The van der Waals surface area contributed by atoms with E-state index in [1.165, 1.54) is 11.0 Å². The second-order valence-corrected chi connectivity index (χ2v) is 2.39. The topological polar surface area (TPSA) is 57.0 Å². The van der Waals surface area contributed by atoms with Crippen molar-refractivity contribution in [2.45, 2.75) is 20.4 Å². The minimum absolute atomic E-state index is 0.329. The lowest BCUT2D eigenvalue weighted by Gasteiger charge is -1.90. The summed E-state index contributed by atoms with van der Waals surface area (Å²) in [6.45, 7) is 4.66. The molecule has 0 saturated heterocycles. The van der Waals surface area contributed by atoms with Crippen molar-refractivity contribution < 1.29 is 9.53 Å². The molecule has 5 heteroatoms. The van der Waals surface area contributed by atoms with Crippen LogP contribution in [0.1, 0.15) is 19.5 Å². The molecule has 0 radical (unpaired) electrons. The second-order valence-electron chi connectivity index (χ2n) is 2.39. The number of esters is 1. The lowest BCUT2D eigenvalue weighted by atomic mass is 10.4. The minimum Gasteiger partial charge on any atom is -0.456 e. The fourth-order valence-corrected chi connectivity index (χ4v) is 0.789. The number of aryl methyl sites for hydroxylation is 1. The van der Waals surface area contributed by atoms with Crippen molar-refractivity contribution in [1.29, 1.82) is 0 Å². The fourth-order valence-electron chi connectivity index (χ4n) is 0.789. The zero-order valence-corrected chi connectivity index (χ0v) is 8.15. The van der Waals surface area contributed by atoms with E-state index in [4.69, 9.17) is 0 Å². The zero-order chi connectivity index (χ0) is 10.4. The molecule has 1 rings (SSSR count). The third-order valence-electron chi connectivity index (χ3n) is 1.39. The summed E-state index contributed by atoms with van der Waals surface area (Å²) in [7, 11) is 0. The lowest BCUT2D eigenvalue weighted by Crippen LogP contribution is -2.00. The van der Waals surface area contributed by atoms with Gasteiger partial charge in [0.1, 0.15) is 0 Å². The molecule has 74 valence electrons. The molecule has 0 spiro atoms. The van der Waals surface area contributed by atoms with Crippen molar-refractivity contribution in [2.24, 2.45) is 0 Å². The van der Waals surface area contributed by atoms with Crippen LogP contribution in [0.25, 0.3) is 0 Å². The van der Waals surface area contributed by atoms with Crippen molar-refractivity contribution in [3.63, 3.8) is 0 Å². The first-order valence-electron chi connectivity index (χ1n) is 4.35.